The monoisotopic (exact) mass is 398 g/mol. The molecule has 0 fully saturated rings. The Balaban J connectivity index is 1.71. The summed E-state index contributed by atoms with van der Waals surface area (Å²) in [5.41, 5.74) is 2.23. The number of pyridine rings is 1. The number of ketones is 1. The number of allylic oxidation sites excluding steroid dienone is 4. The quantitative estimate of drug-likeness (QED) is 0.496. The summed E-state index contributed by atoms with van der Waals surface area (Å²) in [6.45, 7) is 0.0655. The second-order valence-electron chi connectivity index (χ2n) is 6.01. The molecule has 0 radical (unpaired) electrons. The van der Waals surface area contributed by atoms with Crippen LogP contribution in [0.25, 0.3) is 0 Å². The fourth-order valence-corrected chi connectivity index (χ4v) is 3.67. The van der Waals surface area contributed by atoms with Crippen LogP contribution in [-0.2, 0) is 14.4 Å². The molecule has 8 nitrogen and oxygen atoms in total. The third-order valence-corrected chi connectivity index (χ3v) is 4.90. The third-order valence-electron chi connectivity index (χ3n) is 4.04. The van der Waals surface area contributed by atoms with Crippen LogP contribution in [0.4, 0.5) is 5.82 Å². The van der Waals surface area contributed by atoms with Crippen LogP contribution in [0.15, 0.2) is 70.9 Å². The van der Waals surface area contributed by atoms with E-state index in [-0.39, 0.29) is 24.7 Å². The van der Waals surface area contributed by atoms with Gasteiger partial charge in [0, 0.05) is 29.9 Å². The molecular weight excluding hydrogens is 380 g/mol. The van der Waals surface area contributed by atoms with E-state index in [2.05, 4.69) is 10.3 Å². The van der Waals surface area contributed by atoms with Gasteiger partial charge >= 0.3 is 0 Å². The Bertz CT molecular complexity index is 892. The zero-order chi connectivity index (χ0) is 19.9. The molecule has 0 spiro atoms. The highest BCUT2D eigenvalue weighted by Crippen LogP contribution is 2.36. The van der Waals surface area contributed by atoms with E-state index in [4.69, 9.17) is 5.21 Å². The summed E-state index contributed by atoms with van der Waals surface area (Å²) < 4.78 is 0. The van der Waals surface area contributed by atoms with Gasteiger partial charge in [-0.3, -0.25) is 19.6 Å². The number of nitrogens with one attached hydrogen (secondary N) is 2. The van der Waals surface area contributed by atoms with Crippen LogP contribution in [-0.4, -0.2) is 39.2 Å². The number of thioether (sulfide) groups is 1. The van der Waals surface area contributed by atoms with Crippen molar-refractivity contribution in [1.29, 1.82) is 0 Å². The predicted octanol–water partition coefficient (Wildman–Crippen LogP) is 1.96. The van der Waals surface area contributed by atoms with Gasteiger partial charge < -0.3 is 10.2 Å². The van der Waals surface area contributed by atoms with Crippen molar-refractivity contribution in [1.82, 2.24) is 15.4 Å². The lowest BCUT2D eigenvalue weighted by atomic mass is 9.87. The van der Waals surface area contributed by atoms with E-state index in [0.29, 0.717) is 11.4 Å². The number of anilines is 1. The summed E-state index contributed by atoms with van der Waals surface area (Å²) in [6, 6.07) is 5.24. The maximum absolute atomic E-state index is 12.2. The third kappa shape index (κ3) is 4.96. The first-order valence-electron chi connectivity index (χ1n) is 8.44. The fourth-order valence-electron chi connectivity index (χ4n) is 2.76. The summed E-state index contributed by atoms with van der Waals surface area (Å²) >= 11 is 1.39. The molecule has 0 saturated heterocycles. The normalized spacial score (nSPS) is 18.4. The summed E-state index contributed by atoms with van der Waals surface area (Å²) in [4.78, 5) is 42.5. The van der Waals surface area contributed by atoms with E-state index >= 15 is 0 Å². The SMILES string of the molecule is O=C(CC1C(=O)C=CC=C1C1=CN(CC(=O)Nc2ccccn2)C=CS1)NO. The number of hydrogen-bond donors (Lipinski definition) is 3. The molecule has 144 valence electrons. The summed E-state index contributed by atoms with van der Waals surface area (Å²) in [7, 11) is 0. The first-order valence-corrected chi connectivity index (χ1v) is 9.32. The zero-order valence-corrected chi connectivity index (χ0v) is 15.6. The van der Waals surface area contributed by atoms with E-state index in [1.807, 2.05) is 0 Å². The standard InChI is InChI=1S/C19H18N4O4S/c24-15-5-3-4-13(14(15)10-18(25)22-27)16-11-23(8-9-28-16)12-19(26)21-17-6-1-2-7-20-17/h1-9,11,14,27H,10,12H2,(H,22,25)(H,20,21,26). The van der Waals surface area contributed by atoms with Crippen LogP contribution in [0, 0.1) is 5.92 Å². The van der Waals surface area contributed by atoms with Gasteiger partial charge in [0.2, 0.25) is 11.8 Å². The van der Waals surface area contributed by atoms with E-state index in [1.54, 1.807) is 64.7 Å². The van der Waals surface area contributed by atoms with Gasteiger partial charge in [-0.2, -0.15) is 0 Å². The number of rotatable bonds is 6. The minimum absolute atomic E-state index is 0.0655. The lowest BCUT2D eigenvalue weighted by Crippen LogP contribution is -2.29. The molecule has 2 aliphatic rings. The maximum atomic E-state index is 12.2. The van der Waals surface area contributed by atoms with Crippen LogP contribution in [0.2, 0.25) is 0 Å². The molecule has 0 aromatic carbocycles. The molecule has 1 aliphatic carbocycles. The molecule has 1 aliphatic heterocycles. The van der Waals surface area contributed by atoms with Crippen LogP contribution < -0.4 is 10.8 Å². The van der Waals surface area contributed by atoms with E-state index in [9.17, 15) is 14.4 Å². The van der Waals surface area contributed by atoms with Crippen molar-refractivity contribution in [2.24, 2.45) is 5.92 Å². The fraction of sp³-hybridized carbons (Fsp3) is 0.158. The molecule has 1 atom stereocenters. The molecule has 28 heavy (non-hydrogen) atoms. The van der Waals surface area contributed by atoms with Crippen LogP contribution in [0.1, 0.15) is 6.42 Å². The van der Waals surface area contributed by atoms with E-state index in [1.165, 1.54) is 17.8 Å². The van der Waals surface area contributed by atoms with Crippen molar-refractivity contribution in [3.05, 3.63) is 70.9 Å². The van der Waals surface area contributed by atoms with Crippen molar-refractivity contribution in [2.45, 2.75) is 6.42 Å². The smallest absolute Gasteiger partial charge is 0.245 e. The van der Waals surface area contributed by atoms with Gasteiger partial charge in [-0.15, -0.1) is 0 Å². The Labute approximate surface area is 165 Å². The van der Waals surface area contributed by atoms with Gasteiger partial charge in [0.1, 0.15) is 12.4 Å². The van der Waals surface area contributed by atoms with Gasteiger partial charge in [-0.25, -0.2) is 10.5 Å². The molecule has 2 heterocycles. The van der Waals surface area contributed by atoms with Crippen molar-refractivity contribution in [3.8, 4) is 0 Å². The van der Waals surface area contributed by atoms with Crippen molar-refractivity contribution >= 4 is 35.2 Å². The number of hydroxylamine groups is 1. The molecule has 1 unspecified atom stereocenters. The Morgan fingerprint density at radius 1 is 1.29 bits per heavy atom. The molecule has 9 heteroatoms. The molecule has 0 bridgehead atoms. The van der Waals surface area contributed by atoms with Gasteiger partial charge in [-0.1, -0.05) is 30.0 Å². The first-order chi connectivity index (χ1) is 13.6. The van der Waals surface area contributed by atoms with Gasteiger partial charge in [0.25, 0.3) is 0 Å². The summed E-state index contributed by atoms with van der Waals surface area (Å²) in [5, 5.41) is 13.3. The number of aromatic nitrogens is 1. The Morgan fingerprint density at radius 2 is 2.14 bits per heavy atom. The van der Waals surface area contributed by atoms with Crippen LogP contribution >= 0.6 is 11.8 Å². The predicted molar refractivity (Wildman–Crippen MR) is 105 cm³/mol. The number of hydrogen-bond acceptors (Lipinski definition) is 7. The lowest BCUT2D eigenvalue weighted by molar-refractivity contribution is -0.132. The number of carbonyl (C=O) groups is 3. The minimum Gasteiger partial charge on any atom is -0.343 e. The maximum Gasteiger partial charge on any atom is 0.245 e. The minimum atomic E-state index is -0.688. The molecule has 2 amide bonds. The molecule has 1 aromatic heterocycles. The average Bonchev–Trinajstić information content (AvgIpc) is 2.70. The highest BCUT2D eigenvalue weighted by atomic mass is 32.2. The Morgan fingerprint density at radius 3 is 2.89 bits per heavy atom. The second kappa shape index (κ2) is 9.16. The topological polar surface area (TPSA) is 112 Å². The summed E-state index contributed by atoms with van der Waals surface area (Å²) in [5.74, 6) is -1.31. The first kappa shape index (κ1) is 19.6. The van der Waals surface area contributed by atoms with Crippen LogP contribution in [0.5, 0.6) is 0 Å². The second-order valence-corrected chi connectivity index (χ2v) is 6.95. The molecule has 0 saturated carbocycles. The van der Waals surface area contributed by atoms with Crippen molar-refractivity contribution in [3.63, 3.8) is 0 Å². The number of amides is 2. The number of carbonyl (C=O) groups excluding carboxylic acids is 3. The molecule has 3 rings (SSSR count). The largest absolute Gasteiger partial charge is 0.343 e. The van der Waals surface area contributed by atoms with E-state index in [0.717, 1.165) is 4.91 Å². The number of nitrogens with zero attached hydrogens (tertiary/aromatic N) is 2. The molecular formula is C19H18N4O4S. The highest BCUT2D eigenvalue weighted by Gasteiger charge is 2.29. The van der Waals surface area contributed by atoms with Gasteiger partial charge in [0.05, 0.1) is 5.92 Å². The summed E-state index contributed by atoms with van der Waals surface area (Å²) in [6.07, 6.45) is 9.74. The zero-order valence-electron chi connectivity index (χ0n) is 14.7. The Kier molecular flexibility index (Phi) is 6.41. The molecule has 3 N–H and O–H groups in total. The Hall–Kier alpha value is -3.17. The van der Waals surface area contributed by atoms with Crippen LogP contribution in [0.3, 0.4) is 0 Å². The van der Waals surface area contributed by atoms with E-state index < -0.39 is 11.8 Å². The highest BCUT2D eigenvalue weighted by molar-refractivity contribution is 8.06. The molecule has 1 aromatic rings. The van der Waals surface area contributed by atoms with Gasteiger partial charge in [0.15, 0.2) is 5.78 Å². The average molecular weight is 398 g/mol. The lowest BCUT2D eigenvalue weighted by Gasteiger charge is -2.26. The van der Waals surface area contributed by atoms with Gasteiger partial charge in [-0.05, 0) is 29.2 Å². The van der Waals surface area contributed by atoms with Crippen molar-refractivity contribution < 1.29 is 19.6 Å². The van der Waals surface area contributed by atoms with Crippen molar-refractivity contribution in [2.75, 3.05) is 11.9 Å².